The van der Waals surface area contributed by atoms with E-state index in [4.69, 9.17) is 40.2 Å². The van der Waals surface area contributed by atoms with Gasteiger partial charge in [-0.1, -0.05) is 29.3 Å². The summed E-state index contributed by atoms with van der Waals surface area (Å²) in [5, 5.41) is 12.8. The molecule has 0 aliphatic carbocycles. The van der Waals surface area contributed by atoms with Gasteiger partial charge in [-0.2, -0.15) is 0 Å². The highest BCUT2D eigenvalue weighted by atomic mass is 35.5. The average molecular weight is 437 g/mol. The number of amides is 2. The van der Waals surface area contributed by atoms with E-state index in [9.17, 15) is 14.7 Å². The number of carbonyl (C=O) groups excluding carboxylic acids is 2. The minimum absolute atomic E-state index is 0.0424. The summed E-state index contributed by atoms with van der Waals surface area (Å²) in [5.74, 6) is -1.07. The van der Waals surface area contributed by atoms with E-state index < -0.39 is 11.8 Å². The van der Waals surface area contributed by atoms with Gasteiger partial charge in [0.15, 0.2) is 16.6 Å². The van der Waals surface area contributed by atoms with Crippen LogP contribution in [0, 0.1) is 0 Å². The number of nitrogens with zero attached hydrogens (tertiary/aromatic N) is 1. The van der Waals surface area contributed by atoms with E-state index in [0.29, 0.717) is 22.9 Å². The summed E-state index contributed by atoms with van der Waals surface area (Å²) in [6, 6.07) is 9.07. The quantitative estimate of drug-likeness (QED) is 0.431. The number of halogens is 2. The zero-order valence-corrected chi connectivity index (χ0v) is 16.9. The number of rotatable bonds is 4. The Morgan fingerprint density at radius 3 is 2.64 bits per heavy atom. The number of hydrogen-bond donors (Lipinski definition) is 2. The zero-order chi connectivity index (χ0) is 20.4. The van der Waals surface area contributed by atoms with Crippen molar-refractivity contribution in [3.05, 3.63) is 57.6 Å². The molecule has 1 fully saturated rings. The van der Waals surface area contributed by atoms with E-state index >= 15 is 0 Å². The molecule has 2 N–H and O–H groups in total. The first kappa shape index (κ1) is 20.1. The molecular formula is C19H14Cl2N2O4S. The van der Waals surface area contributed by atoms with Gasteiger partial charge in [0.25, 0.3) is 11.8 Å². The molecule has 0 unspecified atom stereocenters. The van der Waals surface area contributed by atoms with Crippen molar-refractivity contribution in [3.8, 4) is 11.5 Å². The maximum Gasteiger partial charge on any atom is 0.270 e. The number of thiocarbonyl (C=S) groups is 1. The molecule has 1 saturated heterocycles. The van der Waals surface area contributed by atoms with Gasteiger partial charge < -0.3 is 9.84 Å². The minimum Gasteiger partial charge on any atom is -0.504 e. The predicted molar refractivity (Wildman–Crippen MR) is 112 cm³/mol. The normalized spacial score (nSPS) is 15.8. The molecule has 6 nitrogen and oxygen atoms in total. The molecule has 0 atom stereocenters. The van der Waals surface area contributed by atoms with E-state index in [1.54, 1.807) is 19.1 Å². The number of aromatic hydroxyl groups is 1. The molecule has 0 spiro atoms. The molecule has 144 valence electrons. The SMILES string of the molecule is CCOc1cc(/C=C2\C(=O)NC(=S)N(c3ccc(Cl)cc3Cl)C2=O)ccc1O. The second kappa shape index (κ2) is 8.18. The highest BCUT2D eigenvalue weighted by Gasteiger charge is 2.35. The number of phenolic OH excluding ortho intramolecular Hbond substituents is 1. The molecule has 1 heterocycles. The van der Waals surface area contributed by atoms with Crippen molar-refractivity contribution < 1.29 is 19.4 Å². The van der Waals surface area contributed by atoms with Gasteiger partial charge in [-0.15, -0.1) is 0 Å². The highest BCUT2D eigenvalue weighted by molar-refractivity contribution is 7.80. The Morgan fingerprint density at radius 2 is 1.96 bits per heavy atom. The Hall–Kier alpha value is -2.61. The van der Waals surface area contributed by atoms with Crippen LogP contribution in [0.15, 0.2) is 42.0 Å². The second-order valence-corrected chi connectivity index (χ2v) is 6.94. The molecule has 2 amide bonds. The van der Waals surface area contributed by atoms with Gasteiger partial charge in [0.05, 0.1) is 17.3 Å². The molecule has 1 aliphatic rings. The van der Waals surface area contributed by atoms with E-state index in [0.717, 1.165) is 4.90 Å². The van der Waals surface area contributed by atoms with Crippen molar-refractivity contribution in [1.82, 2.24) is 5.32 Å². The first-order chi connectivity index (χ1) is 13.3. The van der Waals surface area contributed by atoms with Crippen LogP contribution in [0.5, 0.6) is 11.5 Å². The highest BCUT2D eigenvalue weighted by Crippen LogP contribution is 2.32. The van der Waals surface area contributed by atoms with E-state index in [2.05, 4.69) is 5.32 Å². The predicted octanol–water partition coefficient (Wildman–Crippen LogP) is 3.93. The van der Waals surface area contributed by atoms with Crippen molar-refractivity contribution in [2.75, 3.05) is 11.5 Å². The van der Waals surface area contributed by atoms with E-state index in [1.165, 1.54) is 30.3 Å². The lowest BCUT2D eigenvalue weighted by atomic mass is 10.1. The van der Waals surface area contributed by atoms with Gasteiger partial charge in [-0.25, -0.2) is 0 Å². The van der Waals surface area contributed by atoms with Crippen LogP contribution < -0.4 is 15.0 Å². The number of anilines is 1. The van der Waals surface area contributed by atoms with Crippen LogP contribution in [0.25, 0.3) is 6.08 Å². The molecule has 28 heavy (non-hydrogen) atoms. The van der Waals surface area contributed by atoms with Gasteiger partial charge in [-0.3, -0.25) is 19.8 Å². The van der Waals surface area contributed by atoms with Crippen LogP contribution in [0.4, 0.5) is 5.69 Å². The molecule has 0 bridgehead atoms. The Balaban J connectivity index is 2.02. The summed E-state index contributed by atoms with van der Waals surface area (Å²) in [4.78, 5) is 26.5. The summed E-state index contributed by atoms with van der Waals surface area (Å²) in [6.07, 6.45) is 1.39. The number of benzene rings is 2. The molecule has 0 radical (unpaired) electrons. The van der Waals surface area contributed by atoms with Crippen LogP contribution in [-0.4, -0.2) is 28.6 Å². The summed E-state index contributed by atoms with van der Waals surface area (Å²) < 4.78 is 5.33. The smallest absolute Gasteiger partial charge is 0.270 e. The Morgan fingerprint density at radius 1 is 1.21 bits per heavy atom. The Bertz CT molecular complexity index is 1020. The maximum atomic E-state index is 13.0. The summed E-state index contributed by atoms with van der Waals surface area (Å²) in [6.45, 7) is 2.13. The van der Waals surface area contributed by atoms with Crippen molar-refractivity contribution in [3.63, 3.8) is 0 Å². The largest absolute Gasteiger partial charge is 0.504 e. The van der Waals surface area contributed by atoms with Gasteiger partial charge in [0.2, 0.25) is 0 Å². The van der Waals surface area contributed by atoms with E-state index in [-0.39, 0.29) is 27.2 Å². The maximum absolute atomic E-state index is 13.0. The summed E-state index contributed by atoms with van der Waals surface area (Å²) in [7, 11) is 0. The van der Waals surface area contributed by atoms with Crippen LogP contribution in [0.3, 0.4) is 0 Å². The molecule has 2 aromatic rings. The summed E-state index contributed by atoms with van der Waals surface area (Å²) in [5.41, 5.74) is 0.648. The number of ether oxygens (including phenoxy) is 1. The van der Waals surface area contributed by atoms with Gasteiger partial charge >= 0.3 is 0 Å². The van der Waals surface area contributed by atoms with Crippen LogP contribution in [0.1, 0.15) is 12.5 Å². The molecule has 0 saturated carbocycles. The molecular weight excluding hydrogens is 423 g/mol. The summed E-state index contributed by atoms with van der Waals surface area (Å²) >= 11 is 17.3. The van der Waals surface area contributed by atoms with Crippen LogP contribution >= 0.6 is 35.4 Å². The number of hydrogen-bond acceptors (Lipinski definition) is 5. The topological polar surface area (TPSA) is 78.9 Å². The van der Waals surface area contributed by atoms with Crippen molar-refractivity contribution >= 4 is 64.1 Å². The average Bonchev–Trinajstić information content (AvgIpc) is 2.63. The van der Waals surface area contributed by atoms with Crippen molar-refractivity contribution in [1.29, 1.82) is 0 Å². The first-order valence-electron chi connectivity index (χ1n) is 8.14. The molecule has 9 heteroatoms. The molecule has 1 aliphatic heterocycles. The van der Waals surface area contributed by atoms with E-state index in [1.807, 2.05) is 0 Å². The lowest BCUT2D eigenvalue weighted by Crippen LogP contribution is -2.54. The van der Waals surface area contributed by atoms with Crippen LogP contribution in [0.2, 0.25) is 10.0 Å². The van der Waals surface area contributed by atoms with Crippen molar-refractivity contribution in [2.45, 2.75) is 6.92 Å². The van der Waals surface area contributed by atoms with Gasteiger partial charge in [0.1, 0.15) is 5.57 Å². The fraction of sp³-hybridized carbons (Fsp3) is 0.105. The first-order valence-corrected chi connectivity index (χ1v) is 9.30. The fourth-order valence-corrected chi connectivity index (χ4v) is 3.36. The lowest BCUT2D eigenvalue weighted by molar-refractivity contribution is -0.122. The molecule has 2 aromatic carbocycles. The minimum atomic E-state index is -0.637. The number of nitrogens with one attached hydrogen (secondary N) is 1. The third kappa shape index (κ3) is 3.96. The standard InChI is InChI=1S/C19H14Cl2N2O4S/c1-2-27-16-8-10(3-6-15(16)24)7-12-17(25)22-19(28)23(18(12)26)14-5-4-11(20)9-13(14)21/h3-9,24H,2H2,1H3,(H,22,25,28)/b12-7+. The lowest BCUT2D eigenvalue weighted by Gasteiger charge is -2.29. The third-order valence-electron chi connectivity index (χ3n) is 3.85. The monoisotopic (exact) mass is 436 g/mol. The van der Waals surface area contributed by atoms with Crippen molar-refractivity contribution in [2.24, 2.45) is 0 Å². The second-order valence-electron chi connectivity index (χ2n) is 5.71. The third-order valence-corrected chi connectivity index (χ3v) is 4.67. The van der Waals surface area contributed by atoms with Crippen LogP contribution in [-0.2, 0) is 9.59 Å². The molecule has 3 rings (SSSR count). The fourth-order valence-electron chi connectivity index (χ4n) is 2.60. The van der Waals surface area contributed by atoms with Gasteiger partial charge in [0, 0.05) is 5.02 Å². The number of carbonyl (C=O) groups is 2. The number of phenols is 1. The van der Waals surface area contributed by atoms with Gasteiger partial charge in [-0.05, 0) is 61.1 Å². The Labute approximate surface area is 176 Å². The zero-order valence-electron chi connectivity index (χ0n) is 14.5. The molecule has 0 aromatic heterocycles. The Kier molecular flexibility index (Phi) is 5.88.